The fraction of sp³-hybridized carbons (Fsp3) is 0.354. The Balaban J connectivity index is 0.000000190. The molecule has 0 aromatic heterocycles. The second-order valence-electron chi connectivity index (χ2n) is 16.4. The molecule has 3 N–H and O–H groups in total. The van der Waals surface area contributed by atoms with Crippen LogP contribution in [0, 0.1) is 11.6 Å². The average Bonchev–Trinajstić information content (AvgIpc) is 3.69. The summed E-state index contributed by atoms with van der Waals surface area (Å²) in [5.74, 6) is 0.247. The maximum atomic E-state index is 13.2. The van der Waals surface area contributed by atoms with E-state index in [0.29, 0.717) is 44.0 Å². The third kappa shape index (κ3) is 11.2. The number of anilines is 2. The fourth-order valence-electron chi connectivity index (χ4n) is 9.20. The lowest BCUT2D eigenvalue weighted by Crippen LogP contribution is -2.55. The normalized spacial score (nSPS) is 20.8. The predicted octanol–water partition coefficient (Wildman–Crippen LogP) is 8.29. The van der Waals surface area contributed by atoms with Gasteiger partial charge in [0.1, 0.15) is 23.1 Å². The van der Waals surface area contributed by atoms with Crippen LogP contribution in [-0.4, -0.2) is 102 Å². The van der Waals surface area contributed by atoms with Gasteiger partial charge in [-0.1, -0.05) is 47.5 Å². The fourth-order valence-corrected chi connectivity index (χ4v) is 9.69. The largest absolute Gasteiger partial charge is 0.495 e. The number of carbonyl (C=O) groups excluding carboxylic acids is 3. The van der Waals surface area contributed by atoms with Crippen LogP contribution in [0.25, 0.3) is 12.2 Å². The van der Waals surface area contributed by atoms with Crippen molar-refractivity contribution in [2.45, 2.75) is 69.9 Å². The van der Waals surface area contributed by atoms with E-state index in [4.69, 9.17) is 38.4 Å². The van der Waals surface area contributed by atoms with Crippen LogP contribution in [0.15, 0.2) is 84.9 Å². The van der Waals surface area contributed by atoms with Crippen LogP contribution in [0.4, 0.5) is 20.2 Å². The molecular formula is C48H52Cl2F2N6O5. The summed E-state index contributed by atoms with van der Waals surface area (Å²) in [5.41, 5.74) is 10.5. The Labute approximate surface area is 377 Å². The summed E-state index contributed by atoms with van der Waals surface area (Å²) in [6.45, 7) is 6.16. The van der Waals surface area contributed by atoms with Crippen LogP contribution in [0.1, 0.15) is 54.9 Å². The summed E-state index contributed by atoms with van der Waals surface area (Å²) >= 11 is 12.3. The number of nitrogen functional groups attached to an aromatic ring is 1. The number of rotatable bonds is 11. The van der Waals surface area contributed by atoms with E-state index in [9.17, 15) is 23.2 Å². The number of ether oxygens (including phenoxy) is 2. The molecule has 0 spiro atoms. The Bertz CT molecular complexity index is 2340. The number of hydrogen-bond donors (Lipinski definition) is 2. The first-order valence-electron chi connectivity index (χ1n) is 21.0. The van der Waals surface area contributed by atoms with E-state index in [1.807, 2.05) is 34.1 Å². The lowest BCUT2D eigenvalue weighted by Gasteiger charge is -2.40. The molecule has 15 heteroatoms. The van der Waals surface area contributed by atoms with Crippen LogP contribution >= 0.6 is 23.2 Å². The predicted molar refractivity (Wildman–Crippen MR) is 243 cm³/mol. The second-order valence-corrected chi connectivity index (χ2v) is 17.3. The zero-order chi connectivity index (χ0) is 44.8. The van der Waals surface area contributed by atoms with Crippen molar-refractivity contribution < 1.29 is 32.6 Å². The standard InChI is InChI=1S/C25H27ClFN3O3.C23H25ClFN3O2/c1-16(31)28-23-12-22(26)24(33-2)11-18(23)5-10-25(32)30-20-8-9-21(30)15-29(14-20)13-17-3-6-19(27)7-4-17;1-30-22-10-16(21(26)11-20(22)24)4-9-23(29)28-18-7-8-19(28)14-27(13-18)12-15-2-5-17(25)6-3-15/h3-7,10-12,20-21H,8-9,13-15H2,1-2H3,(H,28,31);2-6,9-11,18-19H,7-8,12-14,26H2,1H3/b10-5+;9-4+. The van der Waals surface area contributed by atoms with E-state index < -0.39 is 0 Å². The van der Waals surface area contributed by atoms with Gasteiger partial charge in [-0.15, -0.1) is 0 Å². The quantitative estimate of drug-likeness (QED) is 0.114. The summed E-state index contributed by atoms with van der Waals surface area (Å²) in [7, 11) is 3.06. The van der Waals surface area contributed by atoms with Crippen molar-refractivity contribution in [2.24, 2.45) is 0 Å². The number of nitrogens with two attached hydrogens (primary N) is 1. The molecule has 3 amide bonds. The van der Waals surface area contributed by atoms with E-state index >= 15 is 0 Å². The van der Waals surface area contributed by atoms with Gasteiger partial charge < -0.3 is 30.3 Å². The topological polar surface area (TPSA) is 121 Å². The third-order valence-electron chi connectivity index (χ3n) is 12.1. The van der Waals surface area contributed by atoms with E-state index in [0.717, 1.165) is 76.1 Å². The highest BCUT2D eigenvalue weighted by molar-refractivity contribution is 6.32. The number of amides is 3. The van der Waals surface area contributed by atoms with E-state index in [1.165, 1.54) is 38.3 Å². The SMILES string of the molecule is COc1cc(/C=C/C(=O)N2C3CCC2CN(Cc2ccc(F)cc2)C3)c(N)cc1Cl.COc1cc(/C=C/C(=O)N2C3CCC2CN(Cc2ccc(F)cc2)C3)c(NC(C)=O)cc1Cl. The molecule has 0 aliphatic carbocycles. The summed E-state index contributed by atoms with van der Waals surface area (Å²) in [4.78, 5) is 46.3. The van der Waals surface area contributed by atoms with Crippen LogP contribution in [0.2, 0.25) is 10.0 Å². The average molecular weight is 902 g/mol. The van der Waals surface area contributed by atoms with E-state index in [1.54, 1.807) is 55.7 Å². The molecule has 4 aliphatic heterocycles. The maximum absolute atomic E-state index is 13.2. The van der Waals surface area contributed by atoms with Crippen LogP contribution in [-0.2, 0) is 27.5 Å². The molecule has 4 fully saturated rings. The number of piperazine rings is 2. The van der Waals surface area contributed by atoms with Crippen molar-refractivity contribution in [3.05, 3.63) is 129 Å². The molecule has 4 aromatic rings. The van der Waals surface area contributed by atoms with Gasteiger partial charge in [-0.05, 0) is 97.5 Å². The van der Waals surface area contributed by atoms with Gasteiger partial charge >= 0.3 is 0 Å². The van der Waals surface area contributed by atoms with Gasteiger partial charge in [0.25, 0.3) is 0 Å². The molecule has 11 nitrogen and oxygen atoms in total. The highest BCUT2D eigenvalue weighted by Gasteiger charge is 2.43. The lowest BCUT2D eigenvalue weighted by molar-refractivity contribution is -0.132. The Morgan fingerprint density at radius 3 is 1.48 bits per heavy atom. The van der Waals surface area contributed by atoms with Crippen molar-refractivity contribution in [3.63, 3.8) is 0 Å². The van der Waals surface area contributed by atoms with Gasteiger partial charge in [0, 0.05) is 105 Å². The van der Waals surface area contributed by atoms with Gasteiger partial charge in [-0.25, -0.2) is 8.78 Å². The summed E-state index contributed by atoms with van der Waals surface area (Å²) in [6, 6.07) is 20.6. The number of nitrogens with one attached hydrogen (secondary N) is 1. The minimum atomic E-state index is -0.235. The van der Waals surface area contributed by atoms with Crippen molar-refractivity contribution in [1.82, 2.24) is 19.6 Å². The Morgan fingerprint density at radius 1 is 0.667 bits per heavy atom. The zero-order valence-electron chi connectivity index (χ0n) is 35.5. The van der Waals surface area contributed by atoms with Crippen molar-refractivity contribution >= 4 is 64.5 Å². The van der Waals surface area contributed by atoms with E-state index in [2.05, 4.69) is 15.1 Å². The van der Waals surface area contributed by atoms with Crippen LogP contribution in [0.5, 0.6) is 11.5 Å². The first-order chi connectivity index (χ1) is 30.3. The first kappa shape index (κ1) is 45.6. The Morgan fingerprint density at radius 2 is 1.06 bits per heavy atom. The molecule has 332 valence electrons. The molecular weight excluding hydrogens is 849 g/mol. The van der Waals surface area contributed by atoms with Crippen LogP contribution < -0.4 is 20.5 Å². The molecule has 4 atom stereocenters. The number of carbonyl (C=O) groups is 3. The summed E-state index contributed by atoms with van der Waals surface area (Å²) < 4.78 is 36.8. The molecule has 8 rings (SSSR count). The molecule has 4 heterocycles. The van der Waals surface area contributed by atoms with Gasteiger partial charge in [0.2, 0.25) is 17.7 Å². The summed E-state index contributed by atoms with van der Waals surface area (Å²) in [5, 5.41) is 3.56. The monoisotopic (exact) mass is 900 g/mol. The summed E-state index contributed by atoms with van der Waals surface area (Å²) in [6.07, 6.45) is 10.5. The number of halogens is 4. The van der Waals surface area contributed by atoms with Gasteiger partial charge in [0.05, 0.1) is 24.3 Å². The van der Waals surface area contributed by atoms with Crippen molar-refractivity contribution in [1.29, 1.82) is 0 Å². The third-order valence-corrected chi connectivity index (χ3v) is 12.7. The number of likely N-dealkylation sites (tertiary alicyclic amines) is 2. The number of hydrogen-bond acceptors (Lipinski definition) is 8. The molecule has 0 radical (unpaired) electrons. The number of methoxy groups -OCH3 is 2. The van der Waals surface area contributed by atoms with Crippen molar-refractivity contribution in [2.75, 3.05) is 51.4 Å². The van der Waals surface area contributed by atoms with Gasteiger partial charge in [-0.3, -0.25) is 24.2 Å². The maximum Gasteiger partial charge on any atom is 0.247 e. The molecule has 4 saturated heterocycles. The highest BCUT2D eigenvalue weighted by Crippen LogP contribution is 2.35. The number of benzene rings is 4. The van der Waals surface area contributed by atoms with E-state index in [-0.39, 0.29) is 53.5 Å². The molecule has 4 aromatic carbocycles. The molecule has 4 bridgehead atoms. The number of fused-ring (bicyclic) bond motifs is 4. The zero-order valence-corrected chi connectivity index (χ0v) is 37.0. The Hall–Kier alpha value is -5.47. The van der Waals surface area contributed by atoms with Crippen LogP contribution in [0.3, 0.4) is 0 Å². The highest BCUT2D eigenvalue weighted by atomic mass is 35.5. The minimum absolute atomic E-state index is 0.00255. The molecule has 4 unspecified atom stereocenters. The molecule has 4 aliphatic rings. The second kappa shape index (κ2) is 20.4. The van der Waals surface area contributed by atoms with Crippen molar-refractivity contribution in [3.8, 4) is 11.5 Å². The minimum Gasteiger partial charge on any atom is -0.495 e. The Kier molecular flexibility index (Phi) is 14.7. The molecule has 0 saturated carbocycles. The first-order valence-corrected chi connectivity index (χ1v) is 21.8. The lowest BCUT2D eigenvalue weighted by atomic mass is 10.1. The van der Waals surface area contributed by atoms with Gasteiger partial charge in [-0.2, -0.15) is 0 Å². The molecule has 63 heavy (non-hydrogen) atoms. The van der Waals surface area contributed by atoms with Gasteiger partial charge in [0.15, 0.2) is 0 Å². The number of nitrogens with zero attached hydrogens (tertiary/aromatic N) is 4. The smallest absolute Gasteiger partial charge is 0.247 e.